The van der Waals surface area contributed by atoms with Gasteiger partial charge in [-0.05, 0) is 162 Å². The van der Waals surface area contributed by atoms with Gasteiger partial charge in [-0.2, -0.15) is 0 Å². The summed E-state index contributed by atoms with van der Waals surface area (Å²) in [6.07, 6.45) is 5.16. The van der Waals surface area contributed by atoms with Crippen LogP contribution < -0.4 is 0 Å². The van der Waals surface area contributed by atoms with E-state index in [4.69, 9.17) is 9.68 Å². The highest BCUT2D eigenvalue weighted by molar-refractivity contribution is 6.00. The zero-order chi connectivity index (χ0) is 45.3. The van der Waals surface area contributed by atoms with Crippen LogP contribution in [0.5, 0.6) is 11.5 Å². The van der Waals surface area contributed by atoms with Gasteiger partial charge in [0.1, 0.15) is 11.5 Å². The molecule has 0 saturated carbocycles. The van der Waals surface area contributed by atoms with Gasteiger partial charge in [0.25, 0.3) is 0 Å². The van der Waals surface area contributed by atoms with E-state index in [1.165, 1.54) is 0 Å². The molecule has 0 aromatic heterocycles. The molecule has 332 valence electrons. The molecule has 2 aliphatic heterocycles. The normalized spacial score (nSPS) is 20.3. The van der Waals surface area contributed by atoms with Crippen molar-refractivity contribution in [2.45, 2.75) is 234 Å². The van der Waals surface area contributed by atoms with E-state index in [1.54, 1.807) is 0 Å². The predicted molar refractivity (Wildman–Crippen MR) is 241 cm³/mol. The number of carbonyl (C=O) groups is 2. The molecule has 0 radical (unpaired) electrons. The first kappa shape index (κ1) is 48.6. The summed E-state index contributed by atoms with van der Waals surface area (Å²) < 4.78 is 0. The van der Waals surface area contributed by atoms with Crippen molar-refractivity contribution >= 4 is 11.9 Å². The molecule has 0 unspecified atom stereocenters. The Bertz CT molecular complexity index is 1650. The van der Waals surface area contributed by atoms with Crippen LogP contribution in [-0.4, -0.2) is 54.4 Å². The van der Waals surface area contributed by atoms with Crippen LogP contribution in [0.25, 0.3) is 0 Å². The van der Waals surface area contributed by atoms with E-state index in [2.05, 4.69) is 138 Å². The summed E-state index contributed by atoms with van der Waals surface area (Å²) >= 11 is 0. The molecule has 0 spiro atoms. The number of rotatable bonds is 8. The second-order valence-electron chi connectivity index (χ2n) is 24.8. The van der Waals surface area contributed by atoms with Gasteiger partial charge in [-0.15, -0.1) is 10.1 Å². The van der Waals surface area contributed by atoms with Crippen molar-refractivity contribution in [2.24, 2.45) is 5.41 Å². The largest absolute Gasteiger partial charge is 0.507 e. The number of hydrogen-bond donors (Lipinski definition) is 2. The minimum atomic E-state index is -1.91. The second kappa shape index (κ2) is 15.7. The van der Waals surface area contributed by atoms with E-state index in [0.29, 0.717) is 0 Å². The maximum absolute atomic E-state index is 15.9. The zero-order valence-electron chi connectivity index (χ0n) is 40.9. The number of hydrogen-bond acceptors (Lipinski definition) is 8. The molecule has 2 fully saturated rings. The van der Waals surface area contributed by atoms with Crippen molar-refractivity contribution in [1.82, 2.24) is 10.1 Å². The summed E-state index contributed by atoms with van der Waals surface area (Å²) in [5, 5.41) is 27.3. The number of phenolic OH excluding ortho intramolecular Hbond substituents is 2. The number of carbonyl (C=O) groups excluding carboxylic acids is 2. The van der Waals surface area contributed by atoms with Crippen molar-refractivity contribution in [3.05, 3.63) is 57.6 Å². The SMILES string of the molecule is CC(C)(C)c1cc(CC(Cc2cc(C(C)(C)C)c(O)c(C(C)(C)C)c2)(C(=O)ON2C(C)(C)CCCC2(C)C)C(=O)ON2C(C)(C)CCCC2(C)C)cc(C(C)(C)C)c1O. The van der Waals surface area contributed by atoms with Crippen LogP contribution in [0.1, 0.15) is 210 Å². The van der Waals surface area contributed by atoms with Gasteiger partial charge in [0.15, 0.2) is 5.41 Å². The summed E-state index contributed by atoms with van der Waals surface area (Å²) in [7, 11) is 0. The first-order chi connectivity index (χ1) is 26.4. The highest BCUT2D eigenvalue weighted by atomic mass is 16.7. The molecule has 2 aromatic rings. The first-order valence-corrected chi connectivity index (χ1v) is 22.2. The third-order valence-electron chi connectivity index (χ3n) is 13.1. The molecule has 8 nitrogen and oxygen atoms in total. The fourth-order valence-corrected chi connectivity index (χ4v) is 9.80. The molecule has 2 N–H and O–H groups in total. The highest BCUT2D eigenvalue weighted by Crippen LogP contribution is 2.47. The Morgan fingerprint density at radius 3 is 0.915 bits per heavy atom. The molecule has 0 amide bonds. The van der Waals surface area contributed by atoms with Gasteiger partial charge < -0.3 is 19.9 Å². The van der Waals surface area contributed by atoms with Crippen molar-refractivity contribution < 1.29 is 29.5 Å². The Morgan fingerprint density at radius 2 is 0.712 bits per heavy atom. The lowest BCUT2D eigenvalue weighted by Gasteiger charge is -2.52. The Hall–Kier alpha value is -3.10. The molecule has 0 bridgehead atoms. The monoisotopic (exact) mass is 819 g/mol. The molecular formula is C51H82N2O6. The Balaban J connectivity index is 2.15. The lowest BCUT2D eigenvalue weighted by molar-refractivity contribution is -0.286. The second-order valence-corrected chi connectivity index (χ2v) is 24.8. The van der Waals surface area contributed by atoms with Gasteiger partial charge in [0.05, 0.1) is 22.2 Å². The average molecular weight is 819 g/mol. The number of piperidine rings is 2. The molecule has 4 rings (SSSR count). The predicted octanol–water partition coefficient (Wildman–Crippen LogP) is 12.1. The van der Waals surface area contributed by atoms with Gasteiger partial charge in [0.2, 0.25) is 0 Å². The molecule has 2 aromatic carbocycles. The summed E-state index contributed by atoms with van der Waals surface area (Å²) in [4.78, 5) is 45.3. The molecule has 2 aliphatic rings. The van der Waals surface area contributed by atoms with Crippen LogP contribution in [0.15, 0.2) is 24.3 Å². The highest BCUT2D eigenvalue weighted by Gasteiger charge is 2.56. The van der Waals surface area contributed by atoms with Crippen LogP contribution in [-0.2, 0) is 53.8 Å². The van der Waals surface area contributed by atoms with E-state index >= 15 is 9.59 Å². The standard InChI is InChI=1S/C51H82N2O6/c1-43(2,3)35-27-33(28-36(39(35)54)44(4,5)6)31-51(41(56)58-52-47(13,14)23-21-24-48(52,15)16,42(57)59-53-49(17,18)25-22-26-50(53,19)20)32-34-29-37(45(7,8)9)40(55)38(30-34)46(10,11)12/h27-30,54-55H,21-26,31-32H2,1-20H3. The van der Waals surface area contributed by atoms with Crippen molar-refractivity contribution in [2.75, 3.05) is 0 Å². The average Bonchev–Trinajstić information content (AvgIpc) is 3.02. The maximum atomic E-state index is 15.9. The number of aromatic hydroxyl groups is 2. The Labute approximate surface area is 358 Å². The van der Waals surface area contributed by atoms with Crippen LogP contribution in [0.2, 0.25) is 0 Å². The first-order valence-electron chi connectivity index (χ1n) is 22.2. The topological polar surface area (TPSA) is 99.5 Å². The van der Waals surface area contributed by atoms with E-state index in [1.807, 2.05) is 34.4 Å². The molecular weight excluding hydrogens is 737 g/mol. The van der Waals surface area contributed by atoms with Crippen LogP contribution in [0.3, 0.4) is 0 Å². The smallest absolute Gasteiger partial charge is 0.343 e. The molecule has 0 aliphatic carbocycles. The lowest BCUT2D eigenvalue weighted by atomic mass is 9.71. The van der Waals surface area contributed by atoms with Crippen molar-refractivity contribution in [3.8, 4) is 11.5 Å². The van der Waals surface area contributed by atoms with Gasteiger partial charge >= 0.3 is 11.9 Å². The lowest BCUT2D eigenvalue weighted by Crippen LogP contribution is -2.63. The quantitative estimate of drug-likeness (QED) is 0.254. The van der Waals surface area contributed by atoms with Crippen molar-refractivity contribution in [3.63, 3.8) is 0 Å². The van der Waals surface area contributed by atoms with Crippen LogP contribution in [0, 0.1) is 5.41 Å². The summed E-state index contributed by atoms with van der Waals surface area (Å²) in [6.45, 7) is 41.5. The van der Waals surface area contributed by atoms with E-state index in [0.717, 1.165) is 71.9 Å². The fourth-order valence-electron chi connectivity index (χ4n) is 9.80. The van der Waals surface area contributed by atoms with Crippen LogP contribution >= 0.6 is 0 Å². The van der Waals surface area contributed by atoms with Gasteiger partial charge in [-0.1, -0.05) is 107 Å². The molecule has 0 atom stereocenters. The van der Waals surface area contributed by atoms with Gasteiger partial charge in [-0.25, -0.2) is 9.59 Å². The van der Waals surface area contributed by atoms with Crippen LogP contribution in [0.4, 0.5) is 0 Å². The molecule has 59 heavy (non-hydrogen) atoms. The number of nitrogens with zero attached hydrogens (tertiary/aromatic N) is 2. The fraction of sp³-hybridized carbons (Fsp3) is 0.725. The summed E-state index contributed by atoms with van der Waals surface area (Å²) in [5.74, 6) is -0.908. The van der Waals surface area contributed by atoms with Gasteiger partial charge in [0, 0.05) is 0 Å². The van der Waals surface area contributed by atoms with E-state index in [-0.39, 0.29) is 24.3 Å². The minimum Gasteiger partial charge on any atom is -0.507 e. The molecule has 2 saturated heterocycles. The number of benzene rings is 2. The Morgan fingerprint density at radius 1 is 0.492 bits per heavy atom. The van der Waals surface area contributed by atoms with E-state index in [9.17, 15) is 10.2 Å². The van der Waals surface area contributed by atoms with E-state index < -0.39 is 61.2 Å². The summed E-state index contributed by atoms with van der Waals surface area (Å²) in [5.41, 5.74) is -1.31. The third kappa shape index (κ3) is 10.2. The number of hydroxylamine groups is 4. The Kier molecular flexibility index (Phi) is 12.9. The minimum absolute atomic E-state index is 0.0446. The number of phenols is 2. The molecule has 2 heterocycles. The third-order valence-corrected chi connectivity index (χ3v) is 13.1. The van der Waals surface area contributed by atoms with Gasteiger partial charge in [-0.3, -0.25) is 0 Å². The molecule has 8 heteroatoms. The summed E-state index contributed by atoms with van der Waals surface area (Å²) in [6, 6.07) is 7.84. The maximum Gasteiger partial charge on any atom is 0.343 e. The van der Waals surface area contributed by atoms with Crippen molar-refractivity contribution in [1.29, 1.82) is 0 Å². The zero-order valence-corrected chi connectivity index (χ0v) is 40.9.